The number of fused-ring (bicyclic) bond motifs is 1. The second-order valence-electron chi connectivity index (χ2n) is 7.32. The Hall–Kier alpha value is -2.66. The minimum Gasteiger partial charge on any atom is -0.296 e. The average Bonchev–Trinajstić information content (AvgIpc) is 3.41. The molecule has 6 heteroatoms. The van der Waals surface area contributed by atoms with Crippen LogP contribution in [0.2, 0.25) is 10.0 Å². The molecule has 0 saturated carbocycles. The van der Waals surface area contributed by atoms with Gasteiger partial charge in [0.25, 0.3) is 0 Å². The van der Waals surface area contributed by atoms with Gasteiger partial charge in [0.15, 0.2) is 0 Å². The average molecular weight is 464 g/mol. The molecular formula is C25H19Cl2N3S. The van der Waals surface area contributed by atoms with Gasteiger partial charge < -0.3 is 0 Å². The molecule has 0 amide bonds. The fourth-order valence-electron chi connectivity index (χ4n) is 3.89. The molecule has 0 aliphatic heterocycles. The Labute approximate surface area is 194 Å². The number of hydrogen-bond acceptors (Lipinski definition) is 3. The van der Waals surface area contributed by atoms with Gasteiger partial charge in [0.05, 0.1) is 16.0 Å². The SMILES string of the molecule is CCc1nc2c(-c3ccc(Cl)cc3)cc(Cc3nccs3)cc2n1-c1cccc(Cl)c1. The Morgan fingerprint density at radius 1 is 0.968 bits per heavy atom. The number of imidazole rings is 1. The fraction of sp³-hybridized carbons (Fsp3) is 0.120. The number of rotatable bonds is 5. The molecule has 0 aliphatic rings. The molecule has 0 saturated heterocycles. The molecule has 31 heavy (non-hydrogen) atoms. The van der Waals surface area contributed by atoms with Crippen LogP contribution in [0.1, 0.15) is 23.3 Å². The van der Waals surface area contributed by atoms with Crippen LogP contribution in [0.3, 0.4) is 0 Å². The summed E-state index contributed by atoms with van der Waals surface area (Å²) in [7, 11) is 0. The van der Waals surface area contributed by atoms with Crippen LogP contribution in [-0.4, -0.2) is 14.5 Å². The first-order valence-electron chi connectivity index (χ1n) is 10.1. The van der Waals surface area contributed by atoms with Crippen LogP contribution in [-0.2, 0) is 12.8 Å². The van der Waals surface area contributed by atoms with Crippen LogP contribution >= 0.6 is 34.5 Å². The molecule has 5 rings (SSSR count). The van der Waals surface area contributed by atoms with Crippen molar-refractivity contribution in [3.63, 3.8) is 0 Å². The number of hydrogen-bond donors (Lipinski definition) is 0. The lowest BCUT2D eigenvalue weighted by Crippen LogP contribution is -2.00. The standard InChI is InChI=1S/C25H19Cl2N3S/c1-2-23-29-25-21(17-6-8-18(26)9-7-17)12-16(14-24-28-10-11-31-24)13-22(25)30(23)20-5-3-4-19(27)15-20/h3-13,15H,2,14H2,1H3. The van der Waals surface area contributed by atoms with Gasteiger partial charge in [0.2, 0.25) is 0 Å². The first-order chi connectivity index (χ1) is 15.1. The maximum atomic E-state index is 6.32. The lowest BCUT2D eigenvalue weighted by Gasteiger charge is -2.11. The van der Waals surface area contributed by atoms with Gasteiger partial charge >= 0.3 is 0 Å². The van der Waals surface area contributed by atoms with Crippen molar-refractivity contribution >= 4 is 45.6 Å². The Morgan fingerprint density at radius 3 is 2.52 bits per heavy atom. The summed E-state index contributed by atoms with van der Waals surface area (Å²) in [5.41, 5.74) is 6.43. The largest absolute Gasteiger partial charge is 0.296 e. The topological polar surface area (TPSA) is 30.7 Å². The summed E-state index contributed by atoms with van der Waals surface area (Å²) < 4.78 is 2.21. The summed E-state index contributed by atoms with van der Waals surface area (Å²) in [5, 5.41) is 4.53. The first kappa shape index (κ1) is 20.3. The summed E-state index contributed by atoms with van der Waals surface area (Å²) in [6.45, 7) is 2.13. The maximum absolute atomic E-state index is 6.32. The van der Waals surface area contributed by atoms with Crippen LogP contribution < -0.4 is 0 Å². The van der Waals surface area contributed by atoms with Crippen molar-refractivity contribution in [2.24, 2.45) is 0 Å². The van der Waals surface area contributed by atoms with E-state index < -0.39 is 0 Å². The van der Waals surface area contributed by atoms with Gasteiger partial charge in [-0.05, 0) is 53.6 Å². The molecule has 0 N–H and O–H groups in total. The maximum Gasteiger partial charge on any atom is 0.114 e. The number of thiazole rings is 1. The van der Waals surface area contributed by atoms with Crippen molar-refractivity contribution < 1.29 is 0 Å². The van der Waals surface area contributed by atoms with Crippen molar-refractivity contribution in [3.8, 4) is 16.8 Å². The van der Waals surface area contributed by atoms with Gasteiger partial charge in [-0.3, -0.25) is 4.57 Å². The highest BCUT2D eigenvalue weighted by atomic mass is 35.5. The Morgan fingerprint density at radius 2 is 1.81 bits per heavy atom. The fourth-order valence-corrected chi connectivity index (χ4v) is 4.85. The molecule has 0 spiro atoms. The lowest BCUT2D eigenvalue weighted by atomic mass is 10.00. The zero-order chi connectivity index (χ0) is 21.4. The van der Waals surface area contributed by atoms with Crippen LogP contribution in [0.25, 0.3) is 27.8 Å². The van der Waals surface area contributed by atoms with E-state index in [0.717, 1.165) is 56.5 Å². The minimum absolute atomic E-state index is 0.707. The number of halogens is 2. The van der Waals surface area contributed by atoms with E-state index in [1.807, 2.05) is 54.0 Å². The summed E-state index contributed by atoms with van der Waals surface area (Å²) >= 11 is 14.1. The van der Waals surface area contributed by atoms with Crippen LogP contribution in [0.15, 0.2) is 72.2 Å². The number of aryl methyl sites for hydroxylation is 1. The van der Waals surface area contributed by atoms with Gasteiger partial charge in [-0.1, -0.05) is 48.3 Å². The van der Waals surface area contributed by atoms with Crippen LogP contribution in [0, 0.1) is 0 Å². The summed E-state index contributed by atoms with van der Waals surface area (Å²) in [6, 6.07) is 20.3. The highest BCUT2D eigenvalue weighted by molar-refractivity contribution is 7.09. The van der Waals surface area contributed by atoms with Gasteiger partial charge in [-0.25, -0.2) is 9.97 Å². The van der Waals surface area contributed by atoms with E-state index >= 15 is 0 Å². The normalized spacial score (nSPS) is 11.3. The second kappa shape index (κ2) is 8.46. The predicted octanol–water partition coefficient (Wildman–Crippen LogP) is 7.61. The Kier molecular flexibility index (Phi) is 5.53. The summed E-state index contributed by atoms with van der Waals surface area (Å²) in [4.78, 5) is 9.53. The molecular weight excluding hydrogens is 445 g/mol. The molecule has 0 radical (unpaired) electrons. The molecule has 0 unspecified atom stereocenters. The van der Waals surface area contributed by atoms with Gasteiger partial charge in [0, 0.05) is 45.7 Å². The zero-order valence-electron chi connectivity index (χ0n) is 16.8. The molecule has 154 valence electrons. The third-order valence-electron chi connectivity index (χ3n) is 5.27. The molecule has 3 nitrogen and oxygen atoms in total. The van der Waals surface area contributed by atoms with Crippen molar-refractivity contribution in [2.75, 3.05) is 0 Å². The van der Waals surface area contributed by atoms with E-state index in [9.17, 15) is 0 Å². The van der Waals surface area contributed by atoms with Gasteiger partial charge in [-0.15, -0.1) is 11.3 Å². The Bertz CT molecular complexity index is 1360. The first-order valence-corrected chi connectivity index (χ1v) is 11.7. The monoisotopic (exact) mass is 463 g/mol. The van der Waals surface area contributed by atoms with Crippen molar-refractivity contribution in [1.29, 1.82) is 0 Å². The number of aromatic nitrogens is 3. The van der Waals surface area contributed by atoms with Crippen LogP contribution in [0.5, 0.6) is 0 Å². The Balaban J connectivity index is 1.79. The predicted molar refractivity (Wildman–Crippen MR) is 131 cm³/mol. The highest BCUT2D eigenvalue weighted by Crippen LogP contribution is 2.34. The molecule has 0 atom stereocenters. The van der Waals surface area contributed by atoms with Gasteiger partial charge in [-0.2, -0.15) is 0 Å². The third-order valence-corrected chi connectivity index (χ3v) is 6.53. The molecule has 2 heterocycles. The van der Waals surface area contributed by atoms with E-state index in [0.29, 0.717) is 5.02 Å². The molecule has 3 aromatic carbocycles. The van der Waals surface area contributed by atoms with E-state index in [-0.39, 0.29) is 0 Å². The molecule has 0 fully saturated rings. The number of benzene rings is 3. The van der Waals surface area contributed by atoms with Crippen molar-refractivity contribution in [3.05, 3.63) is 98.7 Å². The van der Waals surface area contributed by atoms with Gasteiger partial charge in [0.1, 0.15) is 5.82 Å². The minimum atomic E-state index is 0.707. The van der Waals surface area contributed by atoms with E-state index in [1.54, 1.807) is 11.3 Å². The van der Waals surface area contributed by atoms with Crippen LogP contribution in [0.4, 0.5) is 0 Å². The summed E-state index contributed by atoms with van der Waals surface area (Å²) in [6.07, 6.45) is 3.43. The molecule has 0 aliphatic carbocycles. The molecule has 5 aromatic rings. The summed E-state index contributed by atoms with van der Waals surface area (Å²) in [5.74, 6) is 0.999. The second-order valence-corrected chi connectivity index (χ2v) is 9.17. The molecule has 2 aromatic heterocycles. The highest BCUT2D eigenvalue weighted by Gasteiger charge is 2.17. The molecule has 0 bridgehead atoms. The number of nitrogens with zero attached hydrogens (tertiary/aromatic N) is 3. The van der Waals surface area contributed by atoms with E-state index in [2.05, 4.69) is 34.7 Å². The lowest BCUT2D eigenvalue weighted by molar-refractivity contribution is 0.908. The van der Waals surface area contributed by atoms with E-state index in [4.69, 9.17) is 28.2 Å². The van der Waals surface area contributed by atoms with Crippen molar-refractivity contribution in [1.82, 2.24) is 14.5 Å². The van der Waals surface area contributed by atoms with Crippen molar-refractivity contribution in [2.45, 2.75) is 19.8 Å². The zero-order valence-corrected chi connectivity index (χ0v) is 19.2. The quantitative estimate of drug-likeness (QED) is 0.268. The third kappa shape index (κ3) is 3.99. The van der Waals surface area contributed by atoms with E-state index in [1.165, 1.54) is 5.56 Å². The smallest absolute Gasteiger partial charge is 0.114 e.